The van der Waals surface area contributed by atoms with E-state index in [0.717, 1.165) is 19.1 Å². The maximum atomic E-state index is 13.2. The van der Waals surface area contributed by atoms with Crippen molar-refractivity contribution in [3.8, 4) is 0 Å². The number of amides is 3. The maximum absolute atomic E-state index is 13.2. The Morgan fingerprint density at radius 2 is 1.91 bits per heavy atom. The third-order valence-corrected chi connectivity index (χ3v) is 7.18. The number of rotatable bonds is 12. The van der Waals surface area contributed by atoms with Crippen LogP contribution < -0.4 is 15.8 Å². The lowest BCUT2D eigenvalue weighted by Gasteiger charge is -2.29. The van der Waals surface area contributed by atoms with Gasteiger partial charge >= 0.3 is 0 Å². The molecule has 35 heavy (non-hydrogen) atoms. The smallest absolute Gasteiger partial charge is 0.245 e. The number of hydrogen-bond donors (Lipinski definition) is 4. The molecule has 0 unspecified atom stereocenters. The Morgan fingerprint density at radius 3 is 2.57 bits per heavy atom. The molecule has 3 rings (SSSR count). The first-order chi connectivity index (χ1) is 16.7. The Kier molecular flexibility index (Phi) is 9.63. The SMILES string of the molecule is CS(=O)(=O)NCCCC[C@H](NC(=O)[C@@H]1CCCN1C(=O)[C@@H](N)Cc1c[nH]cn1)C(=O)N1CCCC1. The summed E-state index contributed by atoms with van der Waals surface area (Å²) in [4.78, 5) is 49.5. The summed E-state index contributed by atoms with van der Waals surface area (Å²) in [6.45, 7) is 2.04. The van der Waals surface area contributed by atoms with Crippen molar-refractivity contribution in [3.05, 3.63) is 18.2 Å². The Morgan fingerprint density at radius 1 is 1.17 bits per heavy atom. The summed E-state index contributed by atoms with van der Waals surface area (Å²) in [5, 5.41) is 2.89. The minimum Gasteiger partial charge on any atom is -0.351 e. The Labute approximate surface area is 206 Å². The third kappa shape index (κ3) is 8.00. The van der Waals surface area contributed by atoms with Crippen molar-refractivity contribution < 1.29 is 22.8 Å². The van der Waals surface area contributed by atoms with E-state index in [1.165, 1.54) is 11.2 Å². The van der Waals surface area contributed by atoms with Gasteiger partial charge in [0.1, 0.15) is 12.1 Å². The average Bonchev–Trinajstić information content (AvgIpc) is 3.58. The number of aromatic amines is 1. The molecule has 13 heteroatoms. The Bertz CT molecular complexity index is 963. The molecule has 2 fully saturated rings. The second-order valence-electron chi connectivity index (χ2n) is 9.32. The molecular weight excluding hydrogens is 474 g/mol. The summed E-state index contributed by atoms with van der Waals surface area (Å²) in [6.07, 6.45) is 9.13. The first-order valence-corrected chi connectivity index (χ1v) is 14.1. The van der Waals surface area contributed by atoms with Crippen LogP contribution >= 0.6 is 0 Å². The molecule has 2 aliphatic rings. The number of sulfonamides is 1. The van der Waals surface area contributed by atoms with Gasteiger partial charge in [-0.25, -0.2) is 18.1 Å². The van der Waals surface area contributed by atoms with E-state index in [9.17, 15) is 22.8 Å². The van der Waals surface area contributed by atoms with Gasteiger partial charge in [-0.2, -0.15) is 0 Å². The van der Waals surface area contributed by atoms with Crippen LogP contribution in [0.25, 0.3) is 0 Å². The van der Waals surface area contributed by atoms with Gasteiger partial charge in [-0.05, 0) is 44.9 Å². The molecule has 0 bridgehead atoms. The van der Waals surface area contributed by atoms with Crippen LogP contribution in [0.3, 0.4) is 0 Å². The number of hydrogen-bond acceptors (Lipinski definition) is 7. The summed E-state index contributed by atoms with van der Waals surface area (Å²) < 4.78 is 24.9. The number of H-pyrrole nitrogens is 1. The molecule has 3 atom stereocenters. The van der Waals surface area contributed by atoms with Crippen LogP contribution in [0.15, 0.2) is 12.5 Å². The van der Waals surface area contributed by atoms with Crippen LogP contribution in [0.1, 0.15) is 50.6 Å². The molecule has 0 radical (unpaired) electrons. The average molecular weight is 512 g/mol. The molecule has 0 aliphatic carbocycles. The number of aromatic nitrogens is 2. The standard InChI is InChI=1S/C22H37N7O5S/c1-35(33,34)26-9-3-2-7-18(22(32)28-10-4-5-11-28)27-20(30)19-8-6-12-29(19)21(31)17(23)13-16-14-24-15-25-16/h14-15,17-19,26H,2-13,23H2,1H3,(H,24,25)(H,27,30)/t17-,18-,19-/m0/s1. The molecule has 0 spiro atoms. The minimum absolute atomic E-state index is 0.127. The highest BCUT2D eigenvalue weighted by atomic mass is 32.2. The fourth-order valence-electron chi connectivity index (χ4n) is 4.65. The van der Waals surface area contributed by atoms with Crippen LogP contribution in [0.2, 0.25) is 0 Å². The van der Waals surface area contributed by atoms with Crippen molar-refractivity contribution >= 4 is 27.7 Å². The van der Waals surface area contributed by atoms with Crippen LogP contribution in [-0.2, 0) is 30.8 Å². The summed E-state index contributed by atoms with van der Waals surface area (Å²) >= 11 is 0. The lowest BCUT2D eigenvalue weighted by Crippen LogP contribution is -2.55. The van der Waals surface area contributed by atoms with Crippen molar-refractivity contribution in [2.75, 3.05) is 32.4 Å². The highest BCUT2D eigenvalue weighted by Crippen LogP contribution is 2.20. The fraction of sp³-hybridized carbons (Fsp3) is 0.727. The van der Waals surface area contributed by atoms with Gasteiger partial charge in [-0.1, -0.05) is 0 Å². The fourth-order valence-corrected chi connectivity index (χ4v) is 5.16. The molecule has 3 amide bonds. The Balaban J connectivity index is 1.59. The van der Waals surface area contributed by atoms with Gasteiger partial charge in [0.15, 0.2) is 0 Å². The number of nitrogens with one attached hydrogen (secondary N) is 3. The molecule has 196 valence electrons. The van der Waals surface area contributed by atoms with Crippen LogP contribution in [0.5, 0.6) is 0 Å². The van der Waals surface area contributed by atoms with Gasteiger partial charge in [0.25, 0.3) is 0 Å². The Hall–Kier alpha value is -2.51. The van der Waals surface area contributed by atoms with Crippen LogP contribution in [0, 0.1) is 0 Å². The van der Waals surface area contributed by atoms with Gasteiger partial charge < -0.3 is 25.8 Å². The van der Waals surface area contributed by atoms with E-state index in [-0.39, 0.29) is 30.7 Å². The summed E-state index contributed by atoms with van der Waals surface area (Å²) in [6, 6.07) is -2.20. The molecule has 1 aromatic heterocycles. The molecule has 12 nitrogen and oxygen atoms in total. The summed E-state index contributed by atoms with van der Waals surface area (Å²) in [7, 11) is -3.27. The van der Waals surface area contributed by atoms with Crippen LogP contribution in [0.4, 0.5) is 0 Å². The summed E-state index contributed by atoms with van der Waals surface area (Å²) in [5.41, 5.74) is 6.80. The van der Waals surface area contributed by atoms with Gasteiger partial charge in [0, 0.05) is 38.8 Å². The first kappa shape index (κ1) is 27.1. The van der Waals surface area contributed by atoms with Gasteiger partial charge in [-0.15, -0.1) is 0 Å². The van der Waals surface area contributed by atoms with E-state index in [1.54, 1.807) is 11.1 Å². The van der Waals surface area contributed by atoms with Crippen molar-refractivity contribution in [3.63, 3.8) is 0 Å². The van der Waals surface area contributed by atoms with Crippen molar-refractivity contribution in [2.24, 2.45) is 5.73 Å². The number of nitrogens with zero attached hydrogens (tertiary/aromatic N) is 3. The van der Waals surface area contributed by atoms with Crippen molar-refractivity contribution in [1.82, 2.24) is 29.8 Å². The van der Waals surface area contributed by atoms with Crippen LogP contribution in [-0.4, -0.2) is 96.5 Å². The summed E-state index contributed by atoms with van der Waals surface area (Å²) in [5.74, 6) is -0.785. The van der Waals surface area contributed by atoms with Gasteiger partial charge in [-0.3, -0.25) is 14.4 Å². The molecule has 0 aromatic carbocycles. The molecule has 0 saturated carbocycles. The quantitative estimate of drug-likeness (QED) is 0.263. The zero-order valence-electron chi connectivity index (χ0n) is 20.2. The van der Waals surface area contributed by atoms with Crippen molar-refractivity contribution in [2.45, 2.75) is 69.5 Å². The van der Waals surface area contributed by atoms with Gasteiger partial charge in [0.2, 0.25) is 27.7 Å². The zero-order chi connectivity index (χ0) is 25.4. The lowest BCUT2D eigenvalue weighted by atomic mass is 10.1. The van der Waals surface area contributed by atoms with Gasteiger partial charge in [0.05, 0.1) is 24.3 Å². The number of likely N-dealkylation sites (tertiary alicyclic amines) is 2. The number of carbonyl (C=O) groups is 3. The molecule has 5 N–H and O–H groups in total. The van der Waals surface area contributed by atoms with Crippen molar-refractivity contribution in [1.29, 1.82) is 0 Å². The third-order valence-electron chi connectivity index (χ3n) is 6.46. The van der Waals surface area contributed by atoms with E-state index in [1.807, 2.05) is 0 Å². The molecule has 3 heterocycles. The van der Waals surface area contributed by atoms with E-state index in [4.69, 9.17) is 5.73 Å². The topological polar surface area (TPSA) is 171 Å². The predicted octanol–water partition coefficient (Wildman–Crippen LogP) is -0.903. The predicted molar refractivity (Wildman–Crippen MR) is 129 cm³/mol. The second-order valence-corrected chi connectivity index (χ2v) is 11.1. The lowest BCUT2D eigenvalue weighted by molar-refractivity contribution is -0.141. The zero-order valence-corrected chi connectivity index (χ0v) is 21.1. The molecule has 2 aliphatic heterocycles. The number of carbonyl (C=O) groups excluding carboxylic acids is 3. The minimum atomic E-state index is -3.27. The highest BCUT2D eigenvalue weighted by molar-refractivity contribution is 7.88. The van der Waals surface area contributed by atoms with E-state index in [0.29, 0.717) is 57.4 Å². The van der Waals surface area contributed by atoms with E-state index < -0.39 is 28.1 Å². The van der Waals surface area contributed by atoms with E-state index >= 15 is 0 Å². The molecular formula is C22H37N7O5S. The van der Waals surface area contributed by atoms with E-state index in [2.05, 4.69) is 20.0 Å². The molecule has 2 saturated heterocycles. The number of nitrogens with two attached hydrogens (primary N) is 1. The number of imidazole rings is 1. The largest absolute Gasteiger partial charge is 0.351 e. The highest BCUT2D eigenvalue weighted by Gasteiger charge is 2.38. The number of unbranched alkanes of at least 4 members (excludes halogenated alkanes) is 1. The normalized spacial score (nSPS) is 20.1. The maximum Gasteiger partial charge on any atom is 0.245 e. The first-order valence-electron chi connectivity index (χ1n) is 12.2. The second kappa shape index (κ2) is 12.5. The monoisotopic (exact) mass is 511 g/mol. The molecule has 1 aromatic rings.